The van der Waals surface area contributed by atoms with E-state index in [9.17, 15) is 31.0 Å². The quantitative estimate of drug-likeness (QED) is 0.0814. The first-order chi connectivity index (χ1) is 24.2. The molecule has 0 radical (unpaired) electrons. The van der Waals surface area contributed by atoms with Crippen molar-refractivity contribution < 1.29 is 99.6 Å². The number of nitrogens with two attached hydrogens (primary N) is 2. The molecule has 0 saturated carbocycles. The van der Waals surface area contributed by atoms with Gasteiger partial charge in [0.25, 0.3) is 0 Å². The molecule has 0 aliphatic heterocycles. The second kappa shape index (κ2) is 16.5. The SMILES string of the molecule is COc1cc(-c2ccc(N=Nc3c(N)ccc4cc(S(=O)(=O)[O-])cc(O)c34)c(OC)c2)ccc1N=Nc1c(N)ccc2cc(S(=O)(=O)[O-])ccc12.[Na+].[Na+]. The number of phenolic OH excluding ortho intramolecular Hbond substituents is 1. The third-order valence-electron chi connectivity index (χ3n) is 7.85. The van der Waals surface area contributed by atoms with Gasteiger partial charge in [-0.2, -0.15) is 0 Å². The molecule has 53 heavy (non-hydrogen) atoms. The van der Waals surface area contributed by atoms with Crippen molar-refractivity contribution in [2.45, 2.75) is 9.79 Å². The molecule has 6 aromatic carbocycles. The number of hydrogen-bond acceptors (Lipinski definition) is 15. The number of phenols is 1. The summed E-state index contributed by atoms with van der Waals surface area (Å²) in [6, 6.07) is 22.2. The molecule has 6 aromatic rings. The normalized spacial score (nSPS) is 11.8. The van der Waals surface area contributed by atoms with Gasteiger partial charge in [0.1, 0.15) is 60.2 Å². The van der Waals surface area contributed by atoms with Crippen LogP contribution in [-0.4, -0.2) is 45.3 Å². The van der Waals surface area contributed by atoms with Crippen molar-refractivity contribution in [3.8, 4) is 28.4 Å². The summed E-state index contributed by atoms with van der Waals surface area (Å²) in [5.74, 6) is 0.202. The maximum Gasteiger partial charge on any atom is 1.00 e. The first kappa shape index (κ1) is 41.6. The average molecular weight is 773 g/mol. The predicted molar refractivity (Wildman–Crippen MR) is 188 cm³/mol. The van der Waals surface area contributed by atoms with Gasteiger partial charge in [-0.3, -0.25) is 0 Å². The maximum atomic E-state index is 11.5. The Morgan fingerprint density at radius 1 is 0.585 bits per heavy atom. The van der Waals surface area contributed by atoms with E-state index in [4.69, 9.17) is 20.9 Å². The Morgan fingerprint density at radius 2 is 1.08 bits per heavy atom. The van der Waals surface area contributed by atoms with Crippen molar-refractivity contribution in [3.05, 3.63) is 91.0 Å². The zero-order chi connectivity index (χ0) is 36.7. The number of methoxy groups -OCH3 is 2. The molecule has 0 aliphatic carbocycles. The Kier molecular flexibility index (Phi) is 12.9. The van der Waals surface area contributed by atoms with Gasteiger partial charge in [0.2, 0.25) is 0 Å². The third kappa shape index (κ3) is 8.81. The number of ether oxygens (including phenoxy) is 2. The molecule has 0 amide bonds. The Labute approximate surface area is 347 Å². The van der Waals surface area contributed by atoms with Crippen molar-refractivity contribution >= 4 is 75.9 Å². The van der Waals surface area contributed by atoms with Crippen LogP contribution in [0, 0.1) is 0 Å². The molecule has 0 heterocycles. The van der Waals surface area contributed by atoms with Gasteiger partial charge >= 0.3 is 59.1 Å². The number of hydrogen-bond donors (Lipinski definition) is 3. The average Bonchev–Trinajstić information content (AvgIpc) is 3.09. The number of nitrogen functional groups attached to an aromatic ring is 2. The van der Waals surface area contributed by atoms with Crippen molar-refractivity contribution in [2.75, 3.05) is 25.7 Å². The number of benzene rings is 6. The smallest absolute Gasteiger partial charge is 0.744 e. The van der Waals surface area contributed by atoms with E-state index < -0.39 is 30.9 Å². The summed E-state index contributed by atoms with van der Waals surface area (Å²) >= 11 is 0. The van der Waals surface area contributed by atoms with Crippen molar-refractivity contribution in [2.24, 2.45) is 20.5 Å². The molecule has 15 nitrogen and oxygen atoms in total. The minimum absolute atomic E-state index is 0. The van der Waals surface area contributed by atoms with Gasteiger partial charge in [-0.25, -0.2) is 16.8 Å². The Bertz CT molecular complexity index is 2680. The number of anilines is 2. The second-order valence-corrected chi connectivity index (χ2v) is 13.8. The van der Waals surface area contributed by atoms with Crippen LogP contribution in [-0.2, 0) is 20.2 Å². The topological polar surface area (TPSA) is 255 Å². The molecule has 0 atom stereocenters. The van der Waals surface area contributed by atoms with Crippen LogP contribution in [0.25, 0.3) is 32.7 Å². The molecule has 0 spiro atoms. The number of fused-ring (bicyclic) bond motifs is 2. The summed E-state index contributed by atoms with van der Waals surface area (Å²) in [6.07, 6.45) is 0. The molecule has 0 unspecified atom stereocenters. The summed E-state index contributed by atoms with van der Waals surface area (Å²) < 4.78 is 80.2. The zero-order valence-electron chi connectivity index (χ0n) is 28.6. The molecule has 0 aliphatic rings. The fraction of sp³-hybridized carbons (Fsp3) is 0.0588. The monoisotopic (exact) mass is 772 g/mol. The Morgan fingerprint density at radius 3 is 1.60 bits per heavy atom. The van der Waals surface area contributed by atoms with Gasteiger partial charge in [-0.05, 0) is 82.6 Å². The first-order valence-corrected chi connectivity index (χ1v) is 17.5. The van der Waals surface area contributed by atoms with Gasteiger partial charge in [0, 0.05) is 5.39 Å². The second-order valence-electron chi connectivity index (χ2n) is 11.0. The van der Waals surface area contributed by atoms with Crippen LogP contribution in [0.4, 0.5) is 34.1 Å². The summed E-state index contributed by atoms with van der Waals surface area (Å²) in [5, 5.41) is 29.0. The number of nitrogens with zero attached hydrogens (tertiary/aromatic N) is 4. The van der Waals surface area contributed by atoms with E-state index in [1.807, 2.05) is 0 Å². The van der Waals surface area contributed by atoms with Crippen LogP contribution < -0.4 is 80.1 Å². The van der Waals surface area contributed by atoms with E-state index in [0.717, 1.165) is 17.7 Å². The molecular formula is C34H26N6Na2O9S2. The fourth-order valence-corrected chi connectivity index (χ4v) is 6.36. The molecule has 0 fully saturated rings. The zero-order valence-corrected chi connectivity index (χ0v) is 34.3. The molecule has 0 saturated heterocycles. The number of azo groups is 2. The van der Waals surface area contributed by atoms with Gasteiger partial charge in [-0.15, -0.1) is 20.5 Å². The van der Waals surface area contributed by atoms with Crippen LogP contribution in [0.1, 0.15) is 0 Å². The summed E-state index contributed by atoms with van der Waals surface area (Å²) in [7, 11) is -6.56. The molecule has 19 heteroatoms. The van der Waals surface area contributed by atoms with Crippen molar-refractivity contribution in [1.82, 2.24) is 0 Å². The molecule has 5 N–H and O–H groups in total. The maximum absolute atomic E-state index is 11.5. The largest absolute Gasteiger partial charge is 1.00 e. The van der Waals surface area contributed by atoms with Crippen LogP contribution >= 0.6 is 0 Å². The molecule has 6 rings (SSSR count). The minimum Gasteiger partial charge on any atom is -0.744 e. The van der Waals surface area contributed by atoms with Crippen LogP contribution in [0.2, 0.25) is 0 Å². The van der Waals surface area contributed by atoms with Gasteiger partial charge in [0.05, 0.1) is 40.8 Å². The van der Waals surface area contributed by atoms with Crippen LogP contribution in [0.15, 0.2) is 121 Å². The van der Waals surface area contributed by atoms with Gasteiger partial charge in [-0.1, -0.05) is 30.3 Å². The van der Waals surface area contributed by atoms with E-state index in [1.165, 1.54) is 50.6 Å². The number of rotatable bonds is 9. The van der Waals surface area contributed by atoms with Crippen molar-refractivity contribution in [3.63, 3.8) is 0 Å². The minimum atomic E-state index is -4.82. The number of aromatic hydroxyl groups is 1. The fourth-order valence-electron chi connectivity index (χ4n) is 5.33. The molecule has 260 valence electrons. The Balaban J connectivity index is 0.00000314. The van der Waals surface area contributed by atoms with Crippen LogP contribution in [0.5, 0.6) is 17.2 Å². The van der Waals surface area contributed by atoms with Crippen molar-refractivity contribution in [1.29, 1.82) is 0 Å². The summed E-state index contributed by atoms with van der Waals surface area (Å²) in [4.78, 5) is -0.975. The van der Waals surface area contributed by atoms with Gasteiger partial charge < -0.3 is 35.2 Å². The predicted octanol–water partition coefficient (Wildman–Crippen LogP) is 1.19. The molecule has 0 bridgehead atoms. The summed E-state index contributed by atoms with van der Waals surface area (Å²) in [5.41, 5.74) is 15.2. The van der Waals surface area contributed by atoms with E-state index in [2.05, 4.69) is 20.5 Å². The standard InChI is InChI=1S/C34H28N6O9S2.2Na/c1-48-30-15-18(5-11-27(30)37-39-33-24-8-7-22(50(42,43)44)13-20(24)3-9-25(33)35)19-6-12-28(31(16-19)49-2)38-40-34-26(36)10-4-21-14-23(51(45,46)47)17-29(41)32(21)34;;/h3-17,41H,35-36H2,1-2H3,(H,42,43,44)(H,45,46,47);;/q;2*+1/p-2. The van der Waals surface area contributed by atoms with E-state index in [-0.39, 0.29) is 97.5 Å². The molecular weight excluding hydrogens is 747 g/mol. The molecule has 0 aromatic heterocycles. The Hall–Kier alpha value is -4.14. The van der Waals surface area contributed by atoms with E-state index >= 15 is 0 Å². The third-order valence-corrected chi connectivity index (χ3v) is 9.50. The van der Waals surface area contributed by atoms with Crippen LogP contribution in [0.3, 0.4) is 0 Å². The van der Waals surface area contributed by atoms with E-state index in [0.29, 0.717) is 39.2 Å². The summed E-state index contributed by atoms with van der Waals surface area (Å²) in [6.45, 7) is 0. The first-order valence-electron chi connectivity index (χ1n) is 14.7. The van der Waals surface area contributed by atoms with Gasteiger partial charge in [0.15, 0.2) is 0 Å². The van der Waals surface area contributed by atoms with E-state index in [1.54, 1.807) is 42.5 Å².